The second-order valence-electron chi connectivity index (χ2n) is 9.16. The fraction of sp³-hybridized carbons (Fsp3) is 0.462. The standard InChI is InChI=1S/C12H10N2O5.C9H12O4S2.C5H9NO4S/c1-2-14-7-4-9-8(18-5-19-9)3-6(7)11(15)10(13-14)12(16)17;10-7(4-14-5-8(11)12)3-6-1-2-15-9(6)13;6-3(5(9)10)1-11-2-4(7)8/h3-4H,2,5H2,1H3,(H,16,17);6H,1-5H2,(H,11,12);3H,1-2,6H2,(H,7,8)(H,9,10). The molecule has 2 aromatic rings. The number of carbonyl (C=O) groups excluding carboxylic acids is 2. The summed E-state index contributed by atoms with van der Waals surface area (Å²) in [6, 6.07) is 2.17. The summed E-state index contributed by atoms with van der Waals surface area (Å²) in [6.07, 6.45) is 1.05. The second kappa shape index (κ2) is 18.2. The van der Waals surface area contributed by atoms with Gasteiger partial charge in [0.15, 0.2) is 16.6 Å². The van der Waals surface area contributed by atoms with Crippen LogP contribution in [0.25, 0.3) is 10.9 Å². The lowest BCUT2D eigenvalue weighted by molar-refractivity contribution is -0.138. The Kier molecular flexibility index (Phi) is 15.1. The largest absolute Gasteiger partial charge is 0.481 e. The number of aliphatic carboxylic acids is 3. The van der Waals surface area contributed by atoms with Gasteiger partial charge in [-0.25, -0.2) is 4.79 Å². The average molecular weight is 690 g/mol. The fourth-order valence-corrected chi connectivity index (χ4v) is 6.06. The van der Waals surface area contributed by atoms with Crippen LogP contribution in [0.15, 0.2) is 16.9 Å². The molecule has 0 amide bonds. The minimum absolute atomic E-state index is 0.0258. The van der Waals surface area contributed by atoms with Crippen LogP contribution < -0.4 is 20.6 Å². The Balaban J connectivity index is 0.000000246. The highest BCUT2D eigenvalue weighted by atomic mass is 32.2. The van der Waals surface area contributed by atoms with E-state index >= 15 is 0 Å². The van der Waals surface area contributed by atoms with E-state index in [0.29, 0.717) is 23.6 Å². The number of thioether (sulfide) groups is 3. The number of aryl methyl sites for hydroxylation is 1. The van der Waals surface area contributed by atoms with Gasteiger partial charge in [0.1, 0.15) is 11.8 Å². The highest BCUT2D eigenvalue weighted by Crippen LogP contribution is 2.35. The van der Waals surface area contributed by atoms with Gasteiger partial charge in [0, 0.05) is 36.5 Å². The number of carboxylic acids is 4. The number of hydrogen-bond acceptors (Lipinski definition) is 14. The molecule has 246 valence electrons. The van der Waals surface area contributed by atoms with Crippen molar-refractivity contribution >= 4 is 81.0 Å². The molecule has 1 aromatic carbocycles. The summed E-state index contributed by atoms with van der Waals surface area (Å²) in [6.45, 7) is 2.34. The Bertz CT molecular complexity index is 1500. The topological polar surface area (TPSA) is 263 Å². The lowest BCUT2D eigenvalue weighted by Gasteiger charge is -2.09. The lowest BCUT2D eigenvalue weighted by Crippen LogP contribution is -2.32. The molecule has 16 nitrogen and oxygen atoms in total. The minimum Gasteiger partial charge on any atom is -0.481 e. The van der Waals surface area contributed by atoms with Crippen LogP contribution in [0.5, 0.6) is 11.5 Å². The first-order valence-corrected chi connectivity index (χ1v) is 16.4. The molecule has 2 unspecified atom stereocenters. The molecule has 0 spiro atoms. The third-order valence-electron chi connectivity index (χ3n) is 5.80. The van der Waals surface area contributed by atoms with E-state index in [4.69, 9.17) is 35.6 Å². The number of fused-ring (bicyclic) bond motifs is 2. The maximum Gasteiger partial charge on any atom is 0.360 e. The van der Waals surface area contributed by atoms with Gasteiger partial charge >= 0.3 is 23.9 Å². The summed E-state index contributed by atoms with van der Waals surface area (Å²) >= 11 is 3.36. The number of aromatic nitrogens is 2. The molecule has 2 aliphatic rings. The molecular formula is C26H31N3O13S3. The first-order valence-electron chi connectivity index (χ1n) is 13.1. The molecule has 19 heteroatoms. The van der Waals surface area contributed by atoms with Crippen LogP contribution in [-0.2, 0) is 30.5 Å². The number of carboxylic acid groups (broad SMARTS) is 4. The molecule has 2 aliphatic heterocycles. The molecule has 0 bridgehead atoms. The summed E-state index contributed by atoms with van der Waals surface area (Å²) in [5.74, 6) is -2.56. The summed E-state index contributed by atoms with van der Waals surface area (Å²) in [5.41, 5.74) is 4.51. The summed E-state index contributed by atoms with van der Waals surface area (Å²) < 4.78 is 11.9. The lowest BCUT2D eigenvalue weighted by atomic mass is 10.0. The van der Waals surface area contributed by atoms with Gasteiger partial charge in [-0.05, 0) is 19.4 Å². The zero-order valence-electron chi connectivity index (χ0n) is 23.8. The Morgan fingerprint density at radius 3 is 2.18 bits per heavy atom. The van der Waals surface area contributed by atoms with Crippen molar-refractivity contribution < 1.29 is 58.7 Å². The number of nitrogens with two attached hydrogens (primary N) is 1. The monoisotopic (exact) mass is 689 g/mol. The van der Waals surface area contributed by atoms with Crippen molar-refractivity contribution in [1.82, 2.24) is 9.78 Å². The average Bonchev–Trinajstić information content (AvgIpc) is 3.60. The number of ketones is 1. The van der Waals surface area contributed by atoms with E-state index in [9.17, 15) is 33.6 Å². The van der Waals surface area contributed by atoms with Crippen LogP contribution in [0.3, 0.4) is 0 Å². The number of ether oxygens (including phenoxy) is 2. The van der Waals surface area contributed by atoms with E-state index in [2.05, 4.69) is 5.10 Å². The molecular weight excluding hydrogens is 658 g/mol. The quantitative estimate of drug-likeness (QED) is 0.197. The van der Waals surface area contributed by atoms with Crippen LogP contribution in [-0.4, -0.2) is 107 Å². The number of benzene rings is 1. The van der Waals surface area contributed by atoms with Crippen molar-refractivity contribution in [2.75, 3.05) is 35.6 Å². The molecule has 1 fully saturated rings. The van der Waals surface area contributed by atoms with Gasteiger partial charge in [-0.2, -0.15) is 5.10 Å². The molecule has 45 heavy (non-hydrogen) atoms. The second-order valence-corrected chi connectivity index (χ2v) is 12.3. The highest BCUT2D eigenvalue weighted by molar-refractivity contribution is 8.14. The van der Waals surface area contributed by atoms with Crippen LogP contribution in [0.4, 0.5) is 0 Å². The summed E-state index contributed by atoms with van der Waals surface area (Å²) in [5, 5.41) is 38.0. The Labute approximate surface area is 268 Å². The van der Waals surface area contributed by atoms with Gasteiger partial charge in [0.25, 0.3) is 0 Å². The molecule has 0 radical (unpaired) electrons. The van der Waals surface area contributed by atoms with Gasteiger partial charge in [0.2, 0.25) is 17.9 Å². The van der Waals surface area contributed by atoms with Crippen molar-refractivity contribution in [2.24, 2.45) is 11.7 Å². The predicted octanol–water partition coefficient (Wildman–Crippen LogP) is 1.10. The molecule has 0 saturated carbocycles. The number of hydrogen-bond donors (Lipinski definition) is 5. The normalized spacial score (nSPS) is 15.3. The van der Waals surface area contributed by atoms with Gasteiger partial charge in [-0.3, -0.25) is 33.4 Å². The van der Waals surface area contributed by atoms with Crippen molar-refractivity contribution in [3.8, 4) is 11.5 Å². The van der Waals surface area contributed by atoms with Crippen molar-refractivity contribution in [1.29, 1.82) is 0 Å². The number of rotatable bonds is 13. The van der Waals surface area contributed by atoms with Gasteiger partial charge in [0.05, 0.1) is 28.2 Å². The number of nitrogens with zero attached hydrogens (tertiary/aromatic N) is 2. The van der Waals surface area contributed by atoms with Gasteiger partial charge in [-0.1, -0.05) is 11.8 Å². The molecule has 4 rings (SSSR count). The third-order valence-corrected chi connectivity index (χ3v) is 8.88. The zero-order valence-corrected chi connectivity index (χ0v) is 26.3. The number of Topliss-reactive ketones (excluding diaryl/α,β-unsaturated/α-hetero) is 1. The molecule has 3 heterocycles. The third kappa shape index (κ3) is 11.9. The predicted molar refractivity (Wildman–Crippen MR) is 165 cm³/mol. The SMILES string of the molecule is CCn1nc(C(=O)O)c(=O)c2cc3c(cc21)OCO3.NC(CSCC(=O)O)C(=O)O.O=C(O)CSCC(=O)CC1CCSC1=O. The van der Waals surface area contributed by atoms with Crippen molar-refractivity contribution in [3.05, 3.63) is 28.0 Å². The molecule has 0 aliphatic carbocycles. The first-order chi connectivity index (χ1) is 21.2. The van der Waals surface area contributed by atoms with Gasteiger partial charge in [-0.15, -0.1) is 23.5 Å². The number of aromatic carboxylic acids is 1. The van der Waals surface area contributed by atoms with Crippen LogP contribution in [0, 0.1) is 5.92 Å². The van der Waals surface area contributed by atoms with E-state index in [0.717, 1.165) is 35.7 Å². The number of carbonyl (C=O) groups is 6. The molecule has 1 saturated heterocycles. The molecule has 2 atom stereocenters. The maximum absolute atomic E-state index is 12.1. The van der Waals surface area contributed by atoms with Crippen molar-refractivity contribution in [3.63, 3.8) is 0 Å². The smallest absolute Gasteiger partial charge is 0.360 e. The van der Waals surface area contributed by atoms with Crippen LogP contribution in [0.2, 0.25) is 0 Å². The van der Waals surface area contributed by atoms with Crippen LogP contribution >= 0.6 is 35.3 Å². The van der Waals surface area contributed by atoms with E-state index in [-0.39, 0.29) is 58.4 Å². The Hall–Kier alpha value is -3.81. The maximum atomic E-state index is 12.1. The zero-order chi connectivity index (χ0) is 33.7. The van der Waals surface area contributed by atoms with E-state index in [1.807, 2.05) is 6.92 Å². The molecule has 6 N–H and O–H groups in total. The van der Waals surface area contributed by atoms with E-state index < -0.39 is 41.0 Å². The first kappa shape index (κ1) is 37.4. The summed E-state index contributed by atoms with van der Waals surface area (Å²) in [7, 11) is 0. The summed E-state index contributed by atoms with van der Waals surface area (Å²) in [4.78, 5) is 75.9. The fourth-order valence-electron chi connectivity index (χ4n) is 3.71. The highest BCUT2D eigenvalue weighted by Gasteiger charge is 2.27. The van der Waals surface area contributed by atoms with Crippen LogP contribution in [0.1, 0.15) is 30.3 Å². The Morgan fingerprint density at radius 1 is 1.02 bits per heavy atom. The minimum atomic E-state index is -1.34. The van der Waals surface area contributed by atoms with Crippen molar-refractivity contribution in [2.45, 2.75) is 32.4 Å². The van der Waals surface area contributed by atoms with Gasteiger partial charge < -0.3 is 35.6 Å². The van der Waals surface area contributed by atoms with E-state index in [1.165, 1.54) is 22.5 Å². The molecule has 1 aromatic heterocycles. The van der Waals surface area contributed by atoms with E-state index in [1.54, 1.807) is 6.07 Å². The Morgan fingerprint density at radius 2 is 1.64 bits per heavy atom.